The highest BCUT2D eigenvalue weighted by Gasteiger charge is 2.34. The number of rotatable bonds is 7. The van der Waals surface area contributed by atoms with E-state index in [1.165, 1.54) is 0 Å². The van der Waals surface area contributed by atoms with Gasteiger partial charge in [-0.2, -0.15) is 0 Å². The molecule has 1 fully saturated rings. The quantitative estimate of drug-likeness (QED) is 0.737. The summed E-state index contributed by atoms with van der Waals surface area (Å²) in [6.45, 7) is 3.05. The third-order valence-corrected chi connectivity index (χ3v) is 5.45. The van der Waals surface area contributed by atoms with Crippen molar-refractivity contribution in [2.45, 2.75) is 18.8 Å². The van der Waals surface area contributed by atoms with Gasteiger partial charge in [0.05, 0.1) is 26.6 Å². The molecule has 1 atom stereocenters. The van der Waals surface area contributed by atoms with Gasteiger partial charge in [0.25, 0.3) is 0 Å². The minimum atomic E-state index is -0.0672. The Kier molecular flexibility index (Phi) is 5.93. The van der Waals surface area contributed by atoms with Crippen LogP contribution < -0.4 is 14.2 Å². The average molecular weight is 373 g/mol. The Morgan fingerprint density at radius 2 is 1.81 bits per heavy atom. The Hall–Kier alpha value is -2.34. The number of para-hydroxylation sites is 1. The van der Waals surface area contributed by atoms with Crippen molar-refractivity contribution in [2.75, 3.05) is 26.6 Å². The average Bonchev–Trinajstić information content (AvgIpc) is 3.02. The first-order valence-corrected chi connectivity index (χ1v) is 9.56. The number of carbonyl (C=O) groups excluding carboxylic acids is 1. The number of amides is 1. The first kappa shape index (κ1) is 18.5. The molecule has 5 nitrogen and oxygen atoms in total. The van der Waals surface area contributed by atoms with Crippen molar-refractivity contribution in [1.29, 1.82) is 0 Å². The van der Waals surface area contributed by atoms with E-state index in [-0.39, 0.29) is 11.3 Å². The maximum absolute atomic E-state index is 12.5. The van der Waals surface area contributed by atoms with Crippen LogP contribution in [0.1, 0.15) is 23.4 Å². The van der Waals surface area contributed by atoms with Gasteiger partial charge in [0.15, 0.2) is 0 Å². The van der Waals surface area contributed by atoms with Crippen LogP contribution in [-0.2, 0) is 11.3 Å². The van der Waals surface area contributed by atoms with Crippen molar-refractivity contribution >= 4 is 17.7 Å². The summed E-state index contributed by atoms with van der Waals surface area (Å²) in [5, 5.41) is -0.0672. The van der Waals surface area contributed by atoms with Crippen molar-refractivity contribution in [3.8, 4) is 17.2 Å². The van der Waals surface area contributed by atoms with Gasteiger partial charge in [-0.25, -0.2) is 0 Å². The summed E-state index contributed by atoms with van der Waals surface area (Å²) in [6, 6.07) is 13.6. The van der Waals surface area contributed by atoms with Gasteiger partial charge in [0.2, 0.25) is 5.91 Å². The number of nitrogens with zero attached hydrogens (tertiary/aromatic N) is 1. The topological polar surface area (TPSA) is 48.0 Å². The molecule has 1 aliphatic rings. The normalized spacial score (nSPS) is 16.7. The molecule has 0 bridgehead atoms. The largest absolute Gasteiger partial charge is 0.497 e. The van der Waals surface area contributed by atoms with E-state index in [1.807, 2.05) is 54.3 Å². The molecule has 3 rings (SSSR count). The summed E-state index contributed by atoms with van der Waals surface area (Å²) < 4.78 is 16.5. The summed E-state index contributed by atoms with van der Waals surface area (Å²) >= 11 is 1.62. The molecule has 1 saturated heterocycles. The van der Waals surface area contributed by atoms with E-state index in [4.69, 9.17) is 14.2 Å². The molecule has 6 heteroatoms. The first-order valence-electron chi connectivity index (χ1n) is 8.51. The van der Waals surface area contributed by atoms with Gasteiger partial charge in [-0.15, -0.1) is 11.8 Å². The maximum Gasteiger partial charge on any atom is 0.234 e. The smallest absolute Gasteiger partial charge is 0.234 e. The minimum Gasteiger partial charge on any atom is -0.497 e. The zero-order chi connectivity index (χ0) is 18.5. The van der Waals surface area contributed by atoms with Crippen LogP contribution in [0.15, 0.2) is 42.5 Å². The third-order valence-electron chi connectivity index (χ3n) is 4.22. The molecule has 0 spiro atoms. The molecule has 0 aliphatic carbocycles. The van der Waals surface area contributed by atoms with Crippen LogP contribution in [0.2, 0.25) is 0 Å². The number of thioether (sulfide) groups is 1. The monoisotopic (exact) mass is 373 g/mol. The number of benzene rings is 2. The molecule has 1 unspecified atom stereocenters. The van der Waals surface area contributed by atoms with Crippen LogP contribution in [-0.4, -0.2) is 37.4 Å². The van der Waals surface area contributed by atoms with Gasteiger partial charge in [0.1, 0.15) is 22.6 Å². The van der Waals surface area contributed by atoms with Crippen LogP contribution in [0, 0.1) is 0 Å². The van der Waals surface area contributed by atoms with Gasteiger partial charge in [-0.05, 0) is 30.7 Å². The molecule has 1 amide bonds. The molecule has 2 aromatic carbocycles. The number of ether oxygens (including phenoxy) is 3. The fraction of sp³-hybridized carbons (Fsp3) is 0.350. The Balaban J connectivity index is 1.90. The van der Waals surface area contributed by atoms with E-state index in [9.17, 15) is 4.79 Å². The van der Waals surface area contributed by atoms with E-state index in [1.54, 1.807) is 26.0 Å². The maximum atomic E-state index is 12.5. The predicted octanol–water partition coefficient (Wildman–Crippen LogP) is 3.88. The Labute approximate surface area is 158 Å². The summed E-state index contributed by atoms with van der Waals surface area (Å²) in [6.07, 6.45) is 0. The number of hydrogen-bond acceptors (Lipinski definition) is 5. The van der Waals surface area contributed by atoms with Crippen molar-refractivity contribution < 1.29 is 19.0 Å². The lowest BCUT2D eigenvalue weighted by Gasteiger charge is -2.26. The van der Waals surface area contributed by atoms with Crippen LogP contribution in [0.4, 0.5) is 0 Å². The molecular formula is C20H23NO4S. The van der Waals surface area contributed by atoms with Crippen LogP contribution in [0.3, 0.4) is 0 Å². The highest BCUT2D eigenvalue weighted by atomic mass is 32.2. The zero-order valence-electron chi connectivity index (χ0n) is 15.2. The second-order valence-corrected chi connectivity index (χ2v) is 6.95. The second-order valence-electron chi connectivity index (χ2n) is 5.88. The van der Waals surface area contributed by atoms with E-state index in [0.29, 0.717) is 30.4 Å². The summed E-state index contributed by atoms with van der Waals surface area (Å²) in [7, 11) is 3.24. The Bertz CT molecular complexity index is 758. The molecule has 2 aromatic rings. The third kappa shape index (κ3) is 3.90. The first-order chi connectivity index (χ1) is 12.7. The molecule has 0 radical (unpaired) electrons. The highest BCUT2D eigenvalue weighted by Crippen LogP contribution is 2.43. The lowest BCUT2D eigenvalue weighted by atomic mass is 10.1. The number of methoxy groups -OCH3 is 2. The molecule has 0 aromatic heterocycles. The molecule has 1 heterocycles. The molecular weight excluding hydrogens is 350 g/mol. The van der Waals surface area contributed by atoms with E-state index >= 15 is 0 Å². The van der Waals surface area contributed by atoms with Crippen LogP contribution in [0.25, 0.3) is 0 Å². The summed E-state index contributed by atoms with van der Waals surface area (Å²) in [5.74, 6) is 2.84. The fourth-order valence-electron chi connectivity index (χ4n) is 3.01. The van der Waals surface area contributed by atoms with Crippen molar-refractivity contribution in [3.63, 3.8) is 0 Å². The van der Waals surface area contributed by atoms with Crippen molar-refractivity contribution in [1.82, 2.24) is 4.90 Å². The zero-order valence-corrected chi connectivity index (χ0v) is 16.0. The Morgan fingerprint density at radius 3 is 2.46 bits per heavy atom. The second kappa shape index (κ2) is 8.36. The molecule has 0 N–H and O–H groups in total. The standard InChI is InChI=1S/C20H23NO4S/c1-4-25-18-8-6-5-7-17(18)20-21(19(22)13-26-20)12-14-9-15(23-2)11-16(10-14)24-3/h5-11,20H,4,12-13H2,1-3H3. The molecule has 1 aliphatic heterocycles. The highest BCUT2D eigenvalue weighted by molar-refractivity contribution is 8.00. The lowest BCUT2D eigenvalue weighted by Crippen LogP contribution is -2.28. The van der Waals surface area contributed by atoms with Crippen molar-refractivity contribution in [2.24, 2.45) is 0 Å². The van der Waals surface area contributed by atoms with Crippen LogP contribution in [0.5, 0.6) is 17.2 Å². The Morgan fingerprint density at radius 1 is 1.12 bits per heavy atom. The number of hydrogen-bond donors (Lipinski definition) is 0. The van der Waals surface area contributed by atoms with E-state index in [0.717, 1.165) is 16.9 Å². The van der Waals surface area contributed by atoms with Gasteiger partial charge in [-0.1, -0.05) is 18.2 Å². The lowest BCUT2D eigenvalue weighted by molar-refractivity contribution is -0.128. The molecule has 138 valence electrons. The van der Waals surface area contributed by atoms with E-state index in [2.05, 4.69) is 0 Å². The summed E-state index contributed by atoms with van der Waals surface area (Å²) in [5.41, 5.74) is 2.00. The van der Waals surface area contributed by atoms with Gasteiger partial charge in [0, 0.05) is 18.2 Å². The van der Waals surface area contributed by atoms with Gasteiger partial charge in [-0.3, -0.25) is 4.79 Å². The van der Waals surface area contributed by atoms with Gasteiger partial charge >= 0.3 is 0 Å². The summed E-state index contributed by atoms with van der Waals surface area (Å²) in [4.78, 5) is 14.4. The molecule has 0 saturated carbocycles. The van der Waals surface area contributed by atoms with E-state index < -0.39 is 0 Å². The SMILES string of the molecule is CCOc1ccccc1C1SCC(=O)N1Cc1cc(OC)cc(OC)c1. The van der Waals surface area contributed by atoms with Crippen LogP contribution >= 0.6 is 11.8 Å². The fourth-order valence-corrected chi connectivity index (χ4v) is 4.22. The van der Waals surface area contributed by atoms with Crippen molar-refractivity contribution in [3.05, 3.63) is 53.6 Å². The predicted molar refractivity (Wildman–Crippen MR) is 103 cm³/mol. The minimum absolute atomic E-state index is 0.0672. The number of carbonyl (C=O) groups is 1. The molecule has 26 heavy (non-hydrogen) atoms. The van der Waals surface area contributed by atoms with Gasteiger partial charge < -0.3 is 19.1 Å².